The second-order valence-corrected chi connectivity index (χ2v) is 5.30. The van der Waals surface area contributed by atoms with Crippen LogP contribution in [0, 0.1) is 5.92 Å². The van der Waals surface area contributed by atoms with Crippen molar-refractivity contribution in [3.05, 3.63) is 45.0 Å². The SMILES string of the molecule is CC(C)Cc1nc(-c2ccncc2)[nH]c(=O)c1Br. The second kappa shape index (κ2) is 5.44. The van der Waals surface area contributed by atoms with Gasteiger partial charge in [-0.2, -0.15) is 0 Å². The summed E-state index contributed by atoms with van der Waals surface area (Å²) in [6.07, 6.45) is 4.13. The molecule has 0 aliphatic rings. The molecule has 0 atom stereocenters. The van der Waals surface area contributed by atoms with Crippen LogP contribution in [0.4, 0.5) is 0 Å². The lowest BCUT2D eigenvalue weighted by atomic mass is 10.1. The molecule has 2 aromatic heterocycles. The lowest BCUT2D eigenvalue weighted by Gasteiger charge is -2.08. The first-order chi connectivity index (χ1) is 8.58. The van der Waals surface area contributed by atoms with Gasteiger partial charge in [-0.15, -0.1) is 0 Å². The number of H-pyrrole nitrogens is 1. The molecule has 1 N–H and O–H groups in total. The van der Waals surface area contributed by atoms with E-state index in [9.17, 15) is 4.79 Å². The zero-order valence-electron chi connectivity index (χ0n) is 10.3. The van der Waals surface area contributed by atoms with Crippen LogP contribution >= 0.6 is 15.9 Å². The van der Waals surface area contributed by atoms with Gasteiger partial charge in [0, 0.05) is 18.0 Å². The third kappa shape index (κ3) is 2.85. The fourth-order valence-corrected chi connectivity index (χ4v) is 2.02. The summed E-state index contributed by atoms with van der Waals surface area (Å²) in [5, 5.41) is 0. The monoisotopic (exact) mass is 307 g/mol. The summed E-state index contributed by atoms with van der Waals surface area (Å²) >= 11 is 3.30. The first kappa shape index (κ1) is 13.0. The Hall–Kier alpha value is -1.49. The van der Waals surface area contributed by atoms with Crippen LogP contribution in [0.1, 0.15) is 19.5 Å². The van der Waals surface area contributed by atoms with E-state index >= 15 is 0 Å². The summed E-state index contributed by atoms with van der Waals surface area (Å²) in [6, 6.07) is 3.65. The van der Waals surface area contributed by atoms with Crippen molar-refractivity contribution in [2.45, 2.75) is 20.3 Å². The predicted molar refractivity (Wildman–Crippen MR) is 74.3 cm³/mol. The molecule has 0 aliphatic heterocycles. The second-order valence-electron chi connectivity index (χ2n) is 4.51. The molecule has 0 fully saturated rings. The molecule has 0 aromatic carbocycles. The molecule has 18 heavy (non-hydrogen) atoms. The molecule has 0 aliphatic carbocycles. The fourth-order valence-electron chi connectivity index (χ4n) is 1.67. The molecular weight excluding hydrogens is 294 g/mol. The van der Waals surface area contributed by atoms with E-state index in [-0.39, 0.29) is 5.56 Å². The summed E-state index contributed by atoms with van der Waals surface area (Å²) in [6.45, 7) is 4.20. The molecule has 0 saturated carbocycles. The van der Waals surface area contributed by atoms with Crippen LogP contribution in [0.3, 0.4) is 0 Å². The average molecular weight is 308 g/mol. The predicted octanol–water partition coefficient (Wildman–Crippen LogP) is 2.79. The van der Waals surface area contributed by atoms with Gasteiger partial charge in [0.1, 0.15) is 10.3 Å². The Bertz CT molecular complexity index is 593. The highest BCUT2D eigenvalue weighted by molar-refractivity contribution is 9.10. The van der Waals surface area contributed by atoms with Gasteiger partial charge in [-0.3, -0.25) is 9.78 Å². The van der Waals surface area contributed by atoms with Gasteiger partial charge in [0.15, 0.2) is 0 Å². The summed E-state index contributed by atoms with van der Waals surface area (Å²) in [4.78, 5) is 23.1. The number of pyridine rings is 1. The molecule has 0 spiro atoms. The van der Waals surface area contributed by atoms with E-state index in [1.807, 2.05) is 12.1 Å². The maximum Gasteiger partial charge on any atom is 0.265 e. The fraction of sp³-hybridized carbons (Fsp3) is 0.308. The van der Waals surface area contributed by atoms with Crippen molar-refractivity contribution in [3.63, 3.8) is 0 Å². The molecule has 0 bridgehead atoms. The number of halogens is 1. The van der Waals surface area contributed by atoms with Gasteiger partial charge < -0.3 is 4.98 Å². The molecule has 2 aromatic rings. The Morgan fingerprint density at radius 2 is 2.00 bits per heavy atom. The zero-order valence-corrected chi connectivity index (χ0v) is 11.9. The van der Waals surface area contributed by atoms with Gasteiger partial charge in [-0.25, -0.2) is 4.98 Å². The van der Waals surface area contributed by atoms with E-state index in [2.05, 4.69) is 44.7 Å². The minimum absolute atomic E-state index is 0.146. The van der Waals surface area contributed by atoms with Crippen molar-refractivity contribution in [3.8, 4) is 11.4 Å². The van der Waals surface area contributed by atoms with Crippen LogP contribution in [-0.4, -0.2) is 15.0 Å². The minimum atomic E-state index is -0.146. The van der Waals surface area contributed by atoms with E-state index in [4.69, 9.17) is 0 Å². The number of nitrogens with zero attached hydrogens (tertiary/aromatic N) is 2. The summed E-state index contributed by atoms with van der Waals surface area (Å²) < 4.78 is 0.522. The van der Waals surface area contributed by atoms with Gasteiger partial charge >= 0.3 is 0 Å². The Labute approximate surface area is 114 Å². The zero-order chi connectivity index (χ0) is 13.1. The summed E-state index contributed by atoms with van der Waals surface area (Å²) in [5.74, 6) is 1.03. The van der Waals surface area contributed by atoms with Crippen molar-refractivity contribution in [2.24, 2.45) is 5.92 Å². The van der Waals surface area contributed by atoms with E-state index in [0.717, 1.165) is 17.7 Å². The molecule has 4 nitrogen and oxygen atoms in total. The van der Waals surface area contributed by atoms with E-state index in [1.54, 1.807) is 12.4 Å². The van der Waals surface area contributed by atoms with E-state index < -0.39 is 0 Å². The van der Waals surface area contributed by atoms with Crippen LogP contribution in [0.25, 0.3) is 11.4 Å². The van der Waals surface area contributed by atoms with Gasteiger partial charge in [0.25, 0.3) is 5.56 Å². The van der Waals surface area contributed by atoms with Crippen LogP contribution < -0.4 is 5.56 Å². The van der Waals surface area contributed by atoms with Crippen molar-refractivity contribution in [2.75, 3.05) is 0 Å². The van der Waals surface area contributed by atoms with Crippen LogP contribution in [0.5, 0.6) is 0 Å². The van der Waals surface area contributed by atoms with Gasteiger partial charge in [0.2, 0.25) is 0 Å². The maximum absolute atomic E-state index is 11.9. The van der Waals surface area contributed by atoms with Crippen molar-refractivity contribution < 1.29 is 0 Å². The molecule has 2 rings (SSSR count). The smallest absolute Gasteiger partial charge is 0.265 e. The topological polar surface area (TPSA) is 58.6 Å². The number of rotatable bonds is 3. The minimum Gasteiger partial charge on any atom is -0.306 e. The number of aromatic nitrogens is 3. The van der Waals surface area contributed by atoms with Crippen molar-refractivity contribution >= 4 is 15.9 Å². The Kier molecular flexibility index (Phi) is 3.91. The Morgan fingerprint density at radius 1 is 1.33 bits per heavy atom. The molecular formula is C13H14BrN3O. The lowest BCUT2D eigenvalue weighted by molar-refractivity contribution is 0.631. The number of hydrogen-bond donors (Lipinski definition) is 1. The first-order valence-corrected chi connectivity index (χ1v) is 6.56. The van der Waals surface area contributed by atoms with Crippen LogP contribution in [0.2, 0.25) is 0 Å². The molecule has 2 heterocycles. The third-order valence-electron chi connectivity index (χ3n) is 2.49. The normalized spacial score (nSPS) is 10.9. The van der Waals surface area contributed by atoms with Gasteiger partial charge in [-0.05, 0) is 40.4 Å². The highest BCUT2D eigenvalue weighted by Crippen LogP contribution is 2.18. The molecule has 5 heteroatoms. The molecule has 94 valence electrons. The number of nitrogens with one attached hydrogen (secondary N) is 1. The van der Waals surface area contributed by atoms with Crippen molar-refractivity contribution in [1.82, 2.24) is 15.0 Å². The standard InChI is InChI=1S/C13H14BrN3O/c1-8(2)7-10-11(14)13(18)17-12(16-10)9-3-5-15-6-4-9/h3-6,8H,7H2,1-2H3,(H,16,17,18). The average Bonchev–Trinajstić information content (AvgIpc) is 2.35. The van der Waals surface area contributed by atoms with Crippen molar-refractivity contribution in [1.29, 1.82) is 0 Å². The highest BCUT2D eigenvalue weighted by Gasteiger charge is 2.11. The number of aromatic amines is 1. The van der Waals surface area contributed by atoms with Crippen LogP contribution in [0.15, 0.2) is 33.8 Å². The largest absolute Gasteiger partial charge is 0.306 e. The summed E-state index contributed by atoms with van der Waals surface area (Å²) in [7, 11) is 0. The molecule has 0 amide bonds. The number of hydrogen-bond acceptors (Lipinski definition) is 3. The highest BCUT2D eigenvalue weighted by atomic mass is 79.9. The maximum atomic E-state index is 11.9. The van der Waals surface area contributed by atoms with E-state index in [1.165, 1.54) is 0 Å². The third-order valence-corrected chi connectivity index (χ3v) is 3.30. The van der Waals surface area contributed by atoms with Gasteiger partial charge in [0.05, 0.1) is 5.69 Å². The molecule has 0 saturated heterocycles. The summed E-state index contributed by atoms with van der Waals surface area (Å²) in [5.41, 5.74) is 1.51. The Morgan fingerprint density at radius 3 is 2.61 bits per heavy atom. The van der Waals surface area contributed by atoms with E-state index in [0.29, 0.717) is 16.2 Å². The Balaban J connectivity index is 2.51. The first-order valence-electron chi connectivity index (χ1n) is 5.77. The quantitative estimate of drug-likeness (QED) is 0.948. The lowest BCUT2D eigenvalue weighted by Crippen LogP contribution is -2.15. The molecule has 0 radical (unpaired) electrons. The molecule has 0 unspecified atom stereocenters. The van der Waals surface area contributed by atoms with Gasteiger partial charge in [-0.1, -0.05) is 13.8 Å². The van der Waals surface area contributed by atoms with Crippen LogP contribution in [-0.2, 0) is 6.42 Å².